The first kappa shape index (κ1) is 17.1. The Morgan fingerprint density at radius 2 is 2.05 bits per heavy atom. The van der Waals surface area contributed by atoms with Crippen LogP contribution < -0.4 is 5.32 Å². The van der Waals surface area contributed by atoms with Crippen LogP contribution >= 0.6 is 0 Å². The zero-order valence-corrected chi connectivity index (χ0v) is 12.8. The van der Waals surface area contributed by atoms with Gasteiger partial charge in [-0.1, -0.05) is 6.07 Å². The maximum atomic E-state index is 12.3. The number of carbonyl (C=O) groups is 1. The molecule has 0 aromatic heterocycles. The zero-order chi connectivity index (χ0) is 16.2. The molecule has 9 heteroatoms. The van der Waals surface area contributed by atoms with E-state index in [1.807, 2.05) is 0 Å². The summed E-state index contributed by atoms with van der Waals surface area (Å²) < 4.78 is 25.4. The maximum Gasteiger partial charge on any atom is 0.270 e. The molecule has 0 saturated heterocycles. The Hall–Kier alpha value is -2.00. The number of nitro benzene ring substituents is 1. The van der Waals surface area contributed by atoms with Gasteiger partial charge in [-0.05, 0) is 19.9 Å². The molecule has 8 nitrogen and oxygen atoms in total. The molecule has 0 atom stereocenters. The second-order valence-corrected chi connectivity index (χ2v) is 6.78. The first-order valence-corrected chi connectivity index (χ1v) is 7.58. The molecule has 1 rings (SSSR count). The molecule has 0 unspecified atom stereocenters. The fraction of sp³-hybridized carbons (Fsp3) is 0.417. The lowest BCUT2D eigenvalue weighted by Crippen LogP contribution is -2.40. The SMILES string of the molecule is CC(C)NC(=O)CN(C)S(=O)(=O)c1cccc([N+](=O)[O-])c1. The highest BCUT2D eigenvalue weighted by atomic mass is 32.2. The van der Waals surface area contributed by atoms with Gasteiger partial charge in [-0.15, -0.1) is 0 Å². The third-order valence-corrected chi connectivity index (χ3v) is 4.35. The van der Waals surface area contributed by atoms with Crippen LogP contribution in [0.2, 0.25) is 0 Å². The molecule has 1 N–H and O–H groups in total. The average molecular weight is 315 g/mol. The molecule has 1 amide bonds. The Labute approximate surface area is 123 Å². The minimum atomic E-state index is -3.96. The predicted octanol–water partition coefficient (Wildman–Crippen LogP) is 0.740. The van der Waals surface area contributed by atoms with E-state index in [4.69, 9.17) is 0 Å². The fourth-order valence-corrected chi connectivity index (χ4v) is 2.76. The Morgan fingerprint density at radius 1 is 1.43 bits per heavy atom. The first-order valence-electron chi connectivity index (χ1n) is 6.14. The standard InChI is InChI=1S/C12H17N3O5S/c1-9(2)13-12(16)8-14(3)21(19,20)11-6-4-5-10(7-11)15(17)18/h4-7,9H,8H2,1-3H3,(H,13,16). The molecule has 0 heterocycles. The summed E-state index contributed by atoms with van der Waals surface area (Å²) in [6.07, 6.45) is 0. The highest BCUT2D eigenvalue weighted by Crippen LogP contribution is 2.19. The van der Waals surface area contributed by atoms with Crippen molar-refractivity contribution in [3.05, 3.63) is 34.4 Å². The van der Waals surface area contributed by atoms with Crippen LogP contribution in [0.5, 0.6) is 0 Å². The van der Waals surface area contributed by atoms with E-state index in [2.05, 4.69) is 5.32 Å². The zero-order valence-electron chi connectivity index (χ0n) is 11.9. The van der Waals surface area contributed by atoms with Crippen molar-refractivity contribution in [1.82, 2.24) is 9.62 Å². The highest BCUT2D eigenvalue weighted by molar-refractivity contribution is 7.89. The number of sulfonamides is 1. The van der Waals surface area contributed by atoms with Gasteiger partial charge in [0.15, 0.2) is 0 Å². The van der Waals surface area contributed by atoms with E-state index in [1.165, 1.54) is 25.2 Å². The van der Waals surface area contributed by atoms with Gasteiger partial charge in [0.2, 0.25) is 15.9 Å². The van der Waals surface area contributed by atoms with Crippen molar-refractivity contribution in [3.63, 3.8) is 0 Å². The summed E-state index contributed by atoms with van der Waals surface area (Å²) in [5.41, 5.74) is -0.323. The van der Waals surface area contributed by atoms with Crippen LogP contribution in [0.25, 0.3) is 0 Å². The molecule has 0 spiro atoms. The van der Waals surface area contributed by atoms with Crippen LogP contribution in [-0.2, 0) is 14.8 Å². The van der Waals surface area contributed by atoms with Gasteiger partial charge in [-0.25, -0.2) is 8.42 Å². The molecule has 0 bridgehead atoms. The number of amides is 1. The normalized spacial score (nSPS) is 11.7. The summed E-state index contributed by atoms with van der Waals surface area (Å²) in [6.45, 7) is 3.16. The number of carbonyl (C=O) groups excluding carboxylic acids is 1. The number of non-ortho nitro benzene ring substituents is 1. The van der Waals surface area contributed by atoms with E-state index in [9.17, 15) is 23.3 Å². The van der Waals surface area contributed by atoms with E-state index in [0.29, 0.717) is 0 Å². The molecule has 116 valence electrons. The van der Waals surface area contributed by atoms with E-state index in [-0.39, 0.29) is 23.2 Å². The summed E-state index contributed by atoms with van der Waals surface area (Å²) in [7, 11) is -2.71. The summed E-state index contributed by atoms with van der Waals surface area (Å²) in [4.78, 5) is 21.4. The molecular formula is C12H17N3O5S. The monoisotopic (exact) mass is 315 g/mol. The Balaban J connectivity index is 2.97. The third kappa shape index (κ3) is 4.50. The van der Waals surface area contributed by atoms with Gasteiger partial charge in [-0.3, -0.25) is 14.9 Å². The molecule has 0 aliphatic rings. The fourth-order valence-electron chi connectivity index (χ4n) is 1.59. The quantitative estimate of drug-likeness (QED) is 0.615. The summed E-state index contributed by atoms with van der Waals surface area (Å²) in [5, 5.41) is 13.3. The van der Waals surface area contributed by atoms with Crippen molar-refractivity contribution in [2.75, 3.05) is 13.6 Å². The van der Waals surface area contributed by atoms with Crippen LogP contribution in [0, 0.1) is 10.1 Å². The lowest BCUT2D eigenvalue weighted by Gasteiger charge is -2.17. The summed E-state index contributed by atoms with van der Waals surface area (Å²) in [5.74, 6) is -0.443. The highest BCUT2D eigenvalue weighted by Gasteiger charge is 2.24. The van der Waals surface area contributed by atoms with Crippen molar-refractivity contribution in [2.24, 2.45) is 0 Å². The molecule has 1 aromatic carbocycles. The lowest BCUT2D eigenvalue weighted by atomic mass is 10.3. The van der Waals surface area contributed by atoms with E-state index in [1.54, 1.807) is 13.8 Å². The molecular weight excluding hydrogens is 298 g/mol. The number of nitrogens with one attached hydrogen (secondary N) is 1. The van der Waals surface area contributed by atoms with Crippen LogP contribution in [-0.4, -0.2) is 43.2 Å². The molecule has 21 heavy (non-hydrogen) atoms. The number of nitro groups is 1. The summed E-state index contributed by atoms with van der Waals surface area (Å²) in [6, 6.07) is 4.59. The van der Waals surface area contributed by atoms with Crippen molar-refractivity contribution in [2.45, 2.75) is 24.8 Å². The molecule has 0 saturated carbocycles. The number of likely N-dealkylation sites (N-methyl/N-ethyl adjacent to an activating group) is 1. The molecule has 0 aliphatic carbocycles. The maximum absolute atomic E-state index is 12.3. The number of benzene rings is 1. The van der Waals surface area contributed by atoms with Crippen LogP contribution in [0.4, 0.5) is 5.69 Å². The van der Waals surface area contributed by atoms with Gasteiger partial charge >= 0.3 is 0 Å². The summed E-state index contributed by atoms with van der Waals surface area (Å²) >= 11 is 0. The molecule has 0 fully saturated rings. The van der Waals surface area contributed by atoms with Crippen molar-refractivity contribution < 1.29 is 18.1 Å². The number of hydrogen-bond acceptors (Lipinski definition) is 5. The van der Waals surface area contributed by atoms with E-state index < -0.39 is 20.9 Å². The van der Waals surface area contributed by atoms with Gasteiger partial charge in [0, 0.05) is 25.2 Å². The van der Waals surface area contributed by atoms with Crippen molar-refractivity contribution in [3.8, 4) is 0 Å². The molecule has 0 aliphatic heterocycles. The lowest BCUT2D eigenvalue weighted by molar-refractivity contribution is -0.385. The van der Waals surface area contributed by atoms with Gasteiger partial charge in [0.1, 0.15) is 0 Å². The Morgan fingerprint density at radius 3 is 2.57 bits per heavy atom. The topological polar surface area (TPSA) is 110 Å². The van der Waals surface area contributed by atoms with Gasteiger partial charge in [-0.2, -0.15) is 4.31 Å². The number of rotatable bonds is 6. The van der Waals surface area contributed by atoms with Crippen molar-refractivity contribution >= 4 is 21.6 Å². The molecule has 1 aromatic rings. The Kier molecular flexibility index (Phi) is 5.39. The van der Waals surface area contributed by atoms with Gasteiger partial charge in [0.05, 0.1) is 16.4 Å². The largest absolute Gasteiger partial charge is 0.353 e. The van der Waals surface area contributed by atoms with E-state index in [0.717, 1.165) is 10.4 Å². The van der Waals surface area contributed by atoms with Crippen molar-refractivity contribution in [1.29, 1.82) is 0 Å². The molecule has 0 radical (unpaired) electrons. The third-order valence-electron chi connectivity index (χ3n) is 2.55. The van der Waals surface area contributed by atoms with Gasteiger partial charge in [0.25, 0.3) is 5.69 Å². The minimum Gasteiger partial charge on any atom is -0.353 e. The van der Waals surface area contributed by atoms with Crippen LogP contribution in [0.3, 0.4) is 0 Å². The van der Waals surface area contributed by atoms with Gasteiger partial charge < -0.3 is 5.32 Å². The number of hydrogen-bond donors (Lipinski definition) is 1. The smallest absolute Gasteiger partial charge is 0.270 e. The number of nitrogens with zero attached hydrogens (tertiary/aromatic N) is 2. The van der Waals surface area contributed by atoms with E-state index >= 15 is 0 Å². The van der Waals surface area contributed by atoms with Crippen LogP contribution in [0.15, 0.2) is 29.2 Å². The second kappa shape index (κ2) is 6.64. The minimum absolute atomic E-state index is 0.105. The Bertz CT molecular complexity index is 642. The first-order chi connectivity index (χ1) is 9.64. The van der Waals surface area contributed by atoms with Crippen LogP contribution in [0.1, 0.15) is 13.8 Å². The average Bonchev–Trinajstić information content (AvgIpc) is 2.37. The second-order valence-electron chi connectivity index (χ2n) is 4.74. The predicted molar refractivity (Wildman–Crippen MR) is 76.2 cm³/mol.